The Morgan fingerprint density at radius 1 is 1.16 bits per heavy atom. The molecule has 1 amide bonds. The number of H-pyrrole nitrogens is 1. The van der Waals surface area contributed by atoms with Crippen molar-refractivity contribution in [3.8, 4) is 17.1 Å². The highest BCUT2D eigenvalue weighted by Crippen LogP contribution is 2.18. The van der Waals surface area contributed by atoms with E-state index in [2.05, 4.69) is 20.3 Å². The molecule has 10 nitrogen and oxygen atoms in total. The Morgan fingerprint density at radius 3 is 2.72 bits per heavy atom. The number of hydrogen-bond acceptors (Lipinski definition) is 7. The number of hydrogen-bond donors (Lipinski definition) is 3. The largest absolute Gasteiger partial charge is 0.401 e. The maximum atomic E-state index is 12.9. The highest BCUT2D eigenvalue weighted by atomic mass is 16.5. The third kappa shape index (κ3) is 4.55. The van der Waals surface area contributed by atoms with Gasteiger partial charge in [0.05, 0.1) is 25.0 Å². The van der Waals surface area contributed by atoms with Crippen LogP contribution in [-0.2, 0) is 22.7 Å². The molecule has 4 aromatic rings. The highest BCUT2D eigenvalue weighted by molar-refractivity contribution is 5.80. The fourth-order valence-electron chi connectivity index (χ4n) is 3.21. The number of nitrogens with one attached hydrogen (secondary N) is 2. The molecule has 0 radical (unpaired) electrons. The fourth-order valence-corrected chi connectivity index (χ4v) is 3.21. The summed E-state index contributed by atoms with van der Waals surface area (Å²) in [5.74, 6) is -1.63. The number of pyridine rings is 1. The van der Waals surface area contributed by atoms with E-state index in [9.17, 15) is 14.4 Å². The topological polar surface area (TPSA) is 145 Å². The summed E-state index contributed by atoms with van der Waals surface area (Å²) in [5.41, 5.74) is 7.34. The molecule has 162 valence electrons. The summed E-state index contributed by atoms with van der Waals surface area (Å²) >= 11 is 0. The lowest BCUT2D eigenvalue weighted by atomic mass is 10.1. The number of carbonyl (C=O) groups is 2. The van der Waals surface area contributed by atoms with Crippen molar-refractivity contribution in [2.75, 3.05) is 6.54 Å². The van der Waals surface area contributed by atoms with Crippen LogP contribution in [0.5, 0.6) is 5.88 Å². The standard InChI is InChI=1S/C22H20N6O4/c23-9-20(30)32-21-22(31)28(18(12-26-21)14-4-2-1-3-5-14)13-19(29)25-11-16-8-15-10-24-7-6-17(15)27-16/h1-8,10,12,27H,9,11,13,23H2,(H,25,29). The minimum absolute atomic E-state index is 0.239. The highest BCUT2D eigenvalue weighted by Gasteiger charge is 2.17. The van der Waals surface area contributed by atoms with Crippen molar-refractivity contribution in [3.05, 3.63) is 77.1 Å². The molecule has 0 aliphatic heterocycles. The van der Waals surface area contributed by atoms with E-state index in [4.69, 9.17) is 10.5 Å². The van der Waals surface area contributed by atoms with Gasteiger partial charge in [0.25, 0.3) is 5.88 Å². The summed E-state index contributed by atoms with van der Waals surface area (Å²) in [4.78, 5) is 48.4. The fraction of sp³-hybridized carbons (Fsp3) is 0.136. The van der Waals surface area contributed by atoms with Crippen LogP contribution in [0.1, 0.15) is 5.69 Å². The third-order valence-electron chi connectivity index (χ3n) is 4.72. The third-order valence-corrected chi connectivity index (χ3v) is 4.72. The van der Waals surface area contributed by atoms with Crippen molar-refractivity contribution in [2.45, 2.75) is 13.1 Å². The van der Waals surface area contributed by atoms with Crippen molar-refractivity contribution in [1.82, 2.24) is 24.8 Å². The van der Waals surface area contributed by atoms with Gasteiger partial charge < -0.3 is 20.8 Å². The molecule has 0 bridgehead atoms. The number of amides is 1. The number of nitrogens with zero attached hydrogens (tertiary/aromatic N) is 3. The lowest BCUT2D eigenvalue weighted by molar-refractivity contribution is -0.133. The molecule has 4 N–H and O–H groups in total. The number of aromatic amines is 1. The van der Waals surface area contributed by atoms with E-state index in [-0.39, 0.29) is 13.1 Å². The Morgan fingerprint density at radius 2 is 1.97 bits per heavy atom. The molecule has 0 spiro atoms. The Bertz CT molecular complexity index is 1300. The lowest BCUT2D eigenvalue weighted by Gasteiger charge is -2.14. The van der Waals surface area contributed by atoms with E-state index >= 15 is 0 Å². The average Bonchev–Trinajstić information content (AvgIpc) is 3.24. The number of aromatic nitrogens is 4. The van der Waals surface area contributed by atoms with E-state index < -0.39 is 29.9 Å². The molecule has 3 heterocycles. The van der Waals surface area contributed by atoms with Gasteiger partial charge in [-0.1, -0.05) is 30.3 Å². The van der Waals surface area contributed by atoms with Gasteiger partial charge in [0.15, 0.2) is 0 Å². The van der Waals surface area contributed by atoms with E-state index in [1.807, 2.05) is 18.2 Å². The summed E-state index contributed by atoms with van der Waals surface area (Å²) in [5, 5.41) is 3.72. The summed E-state index contributed by atoms with van der Waals surface area (Å²) in [7, 11) is 0. The SMILES string of the molecule is NCC(=O)Oc1ncc(-c2ccccc2)n(CC(=O)NCc2cc3cnccc3[nH]2)c1=O. The monoisotopic (exact) mass is 432 g/mol. The zero-order chi connectivity index (χ0) is 22.5. The first kappa shape index (κ1) is 20.9. The first-order valence-electron chi connectivity index (χ1n) is 9.79. The van der Waals surface area contributed by atoms with Gasteiger partial charge >= 0.3 is 11.5 Å². The molecule has 0 saturated heterocycles. The second kappa shape index (κ2) is 9.23. The Labute approximate surface area is 182 Å². The van der Waals surface area contributed by atoms with Crippen LogP contribution in [0.3, 0.4) is 0 Å². The molecule has 3 aromatic heterocycles. The van der Waals surface area contributed by atoms with Crippen LogP contribution in [0.2, 0.25) is 0 Å². The van der Waals surface area contributed by atoms with Gasteiger partial charge in [-0.15, -0.1) is 0 Å². The second-order valence-electron chi connectivity index (χ2n) is 6.92. The quantitative estimate of drug-likeness (QED) is 0.369. The molecular weight excluding hydrogens is 412 g/mol. The molecule has 10 heteroatoms. The van der Waals surface area contributed by atoms with Crippen LogP contribution in [0.25, 0.3) is 22.2 Å². The Balaban J connectivity index is 1.58. The number of ether oxygens (including phenoxy) is 1. The second-order valence-corrected chi connectivity index (χ2v) is 6.92. The van der Waals surface area contributed by atoms with Crippen molar-refractivity contribution in [1.29, 1.82) is 0 Å². The molecule has 0 atom stereocenters. The summed E-state index contributed by atoms with van der Waals surface area (Å²) in [6, 6.07) is 12.7. The number of carbonyl (C=O) groups excluding carboxylic acids is 2. The molecule has 0 fully saturated rings. The van der Waals surface area contributed by atoms with Crippen LogP contribution in [0.4, 0.5) is 0 Å². The minimum Gasteiger partial charge on any atom is -0.401 e. The molecule has 0 aliphatic carbocycles. The van der Waals surface area contributed by atoms with Crippen LogP contribution < -0.4 is 21.3 Å². The predicted octanol–water partition coefficient (Wildman–Crippen LogP) is 0.967. The molecule has 0 unspecified atom stereocenters. The maximum absolute atomic E-state index is 12.9. The van der Waals surface area contributed by atoms with Gasteiger partial charge in [0.2, 0.25) is 5.91 Å². The van der Waals surface area contributed by atoms with Crippen molar-refractivity contribution in [3.63, 3.8) is 0 Å². The van der Waals surface area contributed by atoms with Gasteiger partial charge in [0, 0.05) is 29.0 Å². The van der Waals surface area contributed by atoms with Crippen LogP contribution in [0.15, 0.2) is 65.8 Å². The van der Waals surface area contributed by atoms with Gasteiger partial charge in [0.1, 0.15) is 6.54 Å². The van der Waals surface area contributed by atoms with Gasteiger partial charge in [-0.3, -0.25) is 23.9 Å². The van der Waals surface area contributed by atoms with Crippen molar-refractivity contribution < 1.29 is 14.3 Å². The molecule has 32 heavy (non-hydrogen) atoms. The average molecular weight is 432 g/mol. The smallest absolute Gasteiger partial charge is 0.326 e. The number of esters is 1. The number of rotatable bonds is 7. The maximum Gasteiger partial charge on any atom is 0.326 e. The normalized spacial score (nSPS) is 10.8. The van der Waals surface area contributed by atoms with Gasteiger partial charge in [-0.05, 0) is 17.7 Å². The molecule has 4 rings (SSSR count). The zero-order valence-electron chi connectivity index (χ0n) is 16.9. The predicted molar refractivity (Wildman–Crippen MR) is 117 cm³/mol. The van der Waals surface area contributed by atoms with E-state index in [0.29, 0.717) is 11.3 Å². The summed E-state index contributed by atoms with van der Waals surface area (Å²) < 4.78 is 6.13. The van der Waals surface area contributed by atoms with E-state index in [1.165, 1.54) is 10.8 Å². The van der Waals surface area contributed by atoms with Crippen LogP contribution in [-0.4, -0.2) is 37.9 Å². The zero-order valence-corrected chi connectivity index (χ0v) is 16.9. The van der Waals surface area contributed by atoms with E-state index in [0.717, 1.165) is 16.6 Å². The number of fused-ring (bicyclic) bond motifs is 1. The first-order chi connectivity index (χ1) is 15.5. The van der Waals surface area contributed by atoms with E-state index in [1.54, 1.807) is 36.7 Å². The molecule has 0 saturated carbocycles. The summed E-state index contributed by atoms with van der Waals surface area (Å²) in [6.07, 6.45) is 4.79. The van der Waals surface area contributed by atoms with Gasteiger partial charge in [-0.2, -0.15) is 0 Å². The van der Waals surface area contributed by atoms with Crippen molar-refractivity contribution in [2.24, 2.45) is 5.73 Å². The molecular formula is C22H20N6O4. The Hall–Kier alpha value is -4.31. The molecule has 1 aromatic carbocycles. The Kier molecular flexibility index (Phi) is 6.04. The number of nitrogens with two attached hydrogens (primary N) is 1. The van der Waals surface area contributed by atoms with Crippen LogP contribution in [0, 0.1) is 0 Å². The van der Waals surface area contributed by atoms with Crippen LogP contribution >= 0.6 is 0 Å². The summed E-state index contributed by atoms with van der Waals surface area (Å²) in [6.45, 7) is -0.453. The van der Waals surface area contributed by atoms with Crippen molar-refractivity contribution >= 4 is 22.8 Å². The minimum atomic E-state index is -0.800. The first-order valence-corrected chi connectivity index (χ1v) is 9.79. The van der Waals surface area contributed by atoms with Gasteiger partial charge in [-0.25, -0.2) is 4.98 Å². The number of benzene rings is 1. The molecule has 0 aliphatic rings. The lowest BCUT2D eigenvalue weighted by Crippen LogP contribution is -2.34.